The van der Waals surface area contributed by atoms with Gasteiger partial charge in [0.05, 0.1) is 0 Å². The van der Waals surface area contributed by atoms with E-state index in [1.807, 2.05) is 18.2 Å². The van der Waals surface area contributed by atoms with Crippen molar-refractivity contribution in [3.05, 3.63) is 144 Å². The van der Waals surface area contributed by atoms with Crippen LogP contribution in [0.3, 0.4) is 0 Å². The molecule has 0 atom stereocenters. The van der Waals surface area contributed by atoms with E-state index in [0.717, 1.165) is 27.8 Å². The Bertz CT molecular complexity index is 2230. The number of hydrogen-bond acceptors (Lipinski definition) is 1. The van der Waals surface area contributed by atoms with E-state index in [0.29, 0.717) is 0 Å². The summed E-state index contributed by atoms with van der Waals surface area (Å²) in [6.45, 7) is 7.55. The normalized spacial score (nSPS) is 13.1. The summed E-state index contributed by atoms with van der Waals surface area (Å²) in [5.41, 5.74) is 8.81. The van der Waals surface area contributed by atoms with Crippen LogP contribution >= 0.6 is 0 Å². The van der Waals surface area contributed by atoms with Crippen molar-refractivity contribution in [1.82, 2.24) is 4.57 Å². The zero-order chi connectivity index (χ0) is 27.5. The number of nitriles is 1. The molecule has 1 aliphatic rings. The van der Waals surface area contributed by atoms with Gasteiger partial charge >= 0.3 is 250 Å². The van der Waals surface area contributed by atoms with E-state index in [-0.39, 0.29) is 34.7 Å². The van der Waals surface area contributed by atoms with E-state index >= 15 is 0 Å². The average molecular weight is 651 g/mol. The predicted molar refractivity (Wildman–Crippen MR) is 169 cm³/mol. The Morgan fingerprint density at radius 2 is 1.24 bits per heavy atom. The molecular weight excluding hydrogens is 632 g/mol. The van der Waals surface area contributed by atoms with Gasteiger partial charge in [0, 0.05) is 0 Å². The van der Waals surface area contributed by atoms with E-state index in [2.05, 4.69) is 113 Å². The van der Waals surface area contributed by atoms with Crippen LogP contribution in [0.4, 0.5) is 0 Å². The van der Waals surface area contributed by atoms with Gasteiger partial charge in [-0.05, 0) is 0 Å². The third-order valence-electron chi connectivity index (χ3n) is 7.76. The van der Waals surface area contributed by atoms with Crippen LogP contribution in [-0.2, 0) is 0 Å². The Morgan fingerprint density at radius 1 is 0.634 bits per heavy atom. The molecule has 0 unspecified atom stereocenters. The molecule has 0 saturated carbocycles. The van der Waals surface area contributed by atoms with Crippen LogP contribution < -0.4 is 0 Å². The summed E-state index contributed by atoms with van der Waals surface area (Å²) in [4.78, 5) is 3.54. The molecule has 0 fully saturated rings. The van der Waals surface area contributed by atoms with E-state index < -0.39 is 0 Å². The van der Waals surface area contributed by atoms with Crippen molar-refractivity contribution in [2.75, 3.05) is 0 Å². The van der Waals surface area contributed by atoms with Crippen LogP contribution in [0, 0.1) is 17.9 Å². The molecule has 3 aromatic heterocycles. The van der Waals surface area contributed by atoms with Crippen LogP contribution in [0.5, 0.6) is 0 Å². The number of rotatable bonds is 3. The van der Waals surface area contributed by atoms with E-state index in [9.17, 15) is 5.26 Å². The zero-order valence-electron chi connectivity index (χ0n) is 21.6. The molecule has 3 heterocycles. The third-order valence-corrected chi connectivity index (χ3v) is 13.2. The second-order valence-corrected chi connectivity index (χ2v) is 14.4. The molecular formula is C36H19N3Se2. The molecule has 0 N–H and O–H groups in total. The van der Waals surface area contributed by atoms with Crippen molar-refractivity contribution in [2.24, 2.45) is 0 Å². The first kappa shape index (κ1) is 24.2. The van der Waals surface area contributed by atoms with Crippen molar-refractivity contribution >= 4 is 56.4 Å². The molecule has 1 aliphatic carbocycles. The number of aromatic nitrogens is 1. The Labute approximate surface area is 249 Å². The second kappa shape index (κ2) is 9.50. The van der Waals surface area contributed by atoms with Crippen molar-refractivity contribution in [2.45, 2.75) is 0 Å². The van der Waals surface area contributed by atoms with Gasteiger partial charge in [0.1, 0.15) is 0 Å². The van der Waals surface area contributed by atoms with Crippen molar-refractivity contribution in [3.63, 3.8) is 0 Å². The standard InChI is InChI=1S/C36H19N3Se2/c1-38-29(21-37)36-26-11-3-2-8-23(26)28-20-22(14-15-27(28)36)32-16-17-33(40-32)34-18-19-35(41-34)39-30-12-6-4-9-24(30)25-10-5-7-13-31(25)39/h2-20H/b36-29-. The molecule has 7 aromatic rings. The van der Waals surface area contributed by atoms with Gasteiger partial charge in [0.2, 0.25) is 0 Å². The van der Waals surface area contributed by atoms with Gasteiger partial charge in [-0.1, -0.05) is 0 Å². The molecule has 0 saturated heterocycles. The minimum absolute atomic E-state index is 0.152. The average Bonchev–Trinajstić information content (AvgIpc) is 3.81. The predicted octanol–water partition coefficient (Wildman–Crippen LogP) is 8.41. The maximum absolute atomic E-state index is 9.64. The molecule has 0 aliphatic heterocycles. The third kappa shape index (κ3) is 3.69. The SMILES string of the molecule is [C-]#[N+]/C(C#N)=C1/c2ccccc2-c2cc(-c3ccc(-c4ccc(-n5c6ccccc6c6ccccc65)[se]4)[se]3)ccc21. The Hall–Kier alpha value is -4.60. The first-order valence-corrected chi connectivity index (χ1v) is 16.6. The Morgan fingerprint density at radius 3 is 1.98 bits per heavy atom. The first-order chi connectivity index (χ1) is 20.2. The van der Waals surface area contributed by atoms with Gasteiger partial charge in [-0.15, -0.1) is 0 Å². The summed E-state index contributed by atoms with van der Waals surface area (Å²) in [5, 5.41) is 12.2. The number of allylic oxidation sites excluding steroid dienone is 1. The van der Waals surface area contributed by atoms with E-state index in [1.165, 1.54) is 45.2 Å². The van der Waals surface area contributed by atoms with Crippen LogP contribution in [-0.4, -0.2) is 33.6 Å². The van der Waals surface area contributed by atoms with Crippen molar-refractivity contribution in [1.29, 1.82) is 5.26 Å². The Kier molecular flexibility index (Phi) is 5.61. The quantitative estimate of drug-likeness (QED) is 0.107. The van der Waals surface area contributed by atoms with Crippen molar-refractivity contribution in [3.8, 4) is 40.6 Å². The summed E-state index contributed by atoms with van der Waals surface area (Å²) in [7, 11) is 0. The molecule has 190 valence electrons. The molecule has 0 spiro atoms. The molecule has 8 rings (SSSR count). The zero-order valence-corrected chi connectivity index (χ0v) is 25.1. The van der Waals surface area contributed by atoms with E-state index in [1.54, 1.807) is 0 Å². The summed E-state index contributed by atoms with van der Waals surface area (Å²) in [6.07, 6.45) is 0. The van der Waals surface area contributed by atoms with Crippen LogP contribution in [0.15, 0.2) is 121 Å². The van der Waals surface area contributed by atoms with Gasteiger partial charge < -0.3 is 0 Å². The van der Waals surface area contributed by atoms with Crippen molar-refractivity contribution < 1.29 is 0 Å². The minimum atomic E-state index is 0.152. The van der Waals surface area contributed by atoms with Crippen LogP contribution in [0.25, 0.3) is 66.8 Å². The molecule has 5 heteroatoms. The van der Waals surface area contributed by atoms with Gasteiger partial charge in [-0.25, -0.2) is 0 Å². The summed E-state index contributed by atoms with van der Waals surface area (Å²) in [6, 6.07) is 43.4. The molecule has 0 radical (unpaired) electrons. The molecule has 3 nitrogen and oxygen atoms in total. The second-order valence-electron chi connectivity index (χ2n) is 9.92. The monoisotopic (exact) mass is 653 g/mol. The summed E-state index contributed by atoms with van der Waals surface area (Å²) in [5.74, 6) is 0. The van der Waals surface area contributed by atoms with Gasteiger partial charge in [0.15, 0.2) is 0 Å². The summed E-state index contributed by atoms with van der Waals surface area (Å²) >= 11 is 0.419. The number of hydrogen-bond donors (Lipinski definition) is 0. The topological polar surface area (TPSA) is 33.1 Å². The Balaban J connectivity index is 1.19. The van der Waals surface area contributed by atoms with Gasteiger partial charge in [-0.3, -0.25) is 0 Å². The number of para-hydroxylation sites is 2. The molecule has 4 aromatic carbocycles. The number of nitrogens with zero attached hydrogens (tertiary/aromatic N) is 3. The van der Waals surface area contributed by atoms with E-state index in [4.69, 9.17) is 6.57 Å². The first-order valence-electron chi connectivity index (χ1n) is 13.2. The molecule has 41 heavy (non-hydrogen) atoms. The van der Waals surface area contributed by atoms with Gasteiger partial charge in [0.25, 0.3) is 0 Å². The molecule has 0 bridgehead atoms. The number of benzene rings is 4. The number of fused-ring (bicyclic) bond motifs is 6. The fourth-order valence-corrected chi connectivity index (χ4v) is 10.8. The van der Waals surface area contributed by atoms with Crippen LogP contribution in [0.2, 0.25) is 0 Å². The fraction of sp³-hybridized carbons (Fsp3) is 0. The van der Waals surface area contributed by atoms with Gasteiger partial charge in [-0.2, -0.15) is 0 Å². The van der Waals surface area contributed by atoms with Crippen LogP contribution in [0.1, 0.15) is 11.1 Å². The summed E-state index contributed by atoms with van der Waals surface area (Å²) < 4.78 is 8.08. The fourth-order valence-electron chi connectivity index (χ4n) is 5.98. The molecule has 0 amide bonds. The maximum atomic E-state index is 9.64.